The maximum absolute atomic E-state index is 12.0. The van der Waals surface area contributed by atoms with Crippen LogP contribution >= 0.6 is 0 Å². The van der Waals surface area contributed by atoms with E-state index in [2.05, 4.69) is 15.4 Å². The predicted molar refractivity (Wildman–Crippen MR) is 102 cm³/mol. The van der Waals surface area contributed by atoms with Gasteiger partial charge in [0.2, 0.25) is 5.91 Å². The minimum Gasteiger partial charge on any atom is -0.465 e. The quantitative estimate of drug-likeness (QED) is 0.610. The van der Waals surface area contributed by atoms with Crippen LogP contribution in [0.2, 0.25) is 0 Å². The van der Waals surface area contributed by atoms with Crippen molar-refractivity contribution < 1.29 is 19.1 Å². The number of hydrogen-bond acceptors (Lipinski definition) is 4. The van der Waals surface area contributed by atoms with Crippen molar-refractivity contribution in [3.05, 3.63) is 71.3 Å². The minimum absolute atomic E-state index is 0.0920. The first-order chi connectivity index (χ1) is 13.0. The SMILES string of the molecule is COC(=O)c1ccc(/C=C/C(=O)Nc2ccc(C(=O)NC3CC3)cc2)cc1. The van der Waals surface area contributed by atoms with E-state index in [4.69, 9.17) is 0 Å². The van der Waals surface area contributed by atoms with Crippen LogP contribution in [0, 0.1) is 0 Å². The molecule has 0 unspecified atom stereocenters. The average Bonchev–Trinajstić information content (AvgIpc) is 3.50. The van der Waals surface area contributed by atoms with Gasteiger partial charge in [-0.2, -0.15) is 0 Å². The fourth-order valence-electron chi connectivity index (χ4n) is 2.41. The van der Waals surface area contributed by atoms with Gasteiger partial charge in [0.15, 0.2) is 0 Å². The Kier molecular flexibility index (Phi) is 5.66. The Hall–Kier alpha value is -3.41. The summed E-state index contributed by atoms with van der Waals surface area (Å²) in [6.45, 7) is 0. The lowest BCUT2D eigenvalue weighted by atomic mass is 10.1. The molecule has 0 saturated heterocycles. The van der Waals surface area contributed by atoms with Crippen LogP contribution in [0.4, 0.5) is 5.69 Å². The first-order valence-electron chi connectivity index (χ1n) is 8.63. The number of amides is 2. The number of rotatable bonds is 6. The molecule has 3 rings (SSSR count). The number of methoxy groups -OCH3 is 1. The van der Waals surface area contributed by atoms with Crippen molar-refractivity contribution in [2.45, 2.75) is 18.9 Å². The molecule has 1 aliphatic carbocycles. The second-order valence-electron chi connectivity index (χ2n) is 6.26. The highest BCUT2D eigenvalue weighted by atomic mass is 16.5. The lowest BCUT2D eigenvalue weighted by Crippen LogP contribution is -2.25. The summed E-state index contributed by atoms with van der Waals surface area (Å²) in [5.74, 6) is -0.787. The van der Waals surface area contributed by atoms with E-state index in [0.717, 1.165) is 18.4 Å². The lowest BCUT2D eigenvalue weighted by molar-refractivity contribution is -0.111. The standard InChI is InChI=1S/C21H20N2O4/c1-27-21(26)16-5-2-14(3-6-16)4-13-19(24)22-17-9-7-15(8-10-17)20(25)23-18-11-12-18/h2-10,13,18H,11-12H2,1H3,(H,22,24)(H,23,25)/b13-4+. The van der Waals surface area contributed by atoms with E-state index in [1.54, 1.807) is 54.6 Å². The van der Waals surface area contributed by atoms with E-state index in [1.165, 1.54) is 13.2 Å². The molecule has 138 valence electrons. The Bertz CT molecular complexity index is 866. The highest BCUT2D eigenvalue weighted by molar-refractivity contribution is 6.02. The second kappa shape index (κ2) is 8.31. The van der Waals surface area contributed by atoms with Gasteiger partial charge in [-0.3, -0.25) is 9.59 Å². The molecule has 6 heteroatoms. The number of carbonyl (C=O) groups is 3. The minimum atomic E-state index is -0.405. The first kappa shape index (κ1) is 18.4. The van der Waals surface area contributed by atoms with Crippen molar-refractivity contribution in [2.75, 3.05) is 12.4 Å². The fraction of sp³-hybridized carbons (Fsp3) is 0.190. The van der Waals surface area contributed by atoms with Crippen LogP contribution in [-0.4, -0.2) is 30.9 Å². The highest BCUT2D eigenvalue weighted by Gasteiger charge is 2.23. The smallest absolute Gasteiger partial charge is 0.337 e. The van der Waals surface area contributed by atoms with Crippen LogP contribution in [0.25, 0.3) is 6.08 Å². The van der Waals surface area contributed by atoms with Crippen molar-refractivity contribution in [1.82, 2.24) is 5.32 Å². The molecule has 2 aromatic rings. The summed E-state index contributed by atoms with van der Waals surface area (Å²) in [5, 5.41) is 5.66. The Morgan fingerprint density at radius 1 is 0.963 bits per heavy atom. The maximum atomic E-state index is 12.0. The van der Waals surface area contributed by atoms with E-state index < -0.39 is 5.97 Å². The summed E-state index contributed by atoms with van der Waals surface area (Å²) in [7, 11) is 1.33. The van der Waals surface area contributed by atoms with Crippen molar-refractivity contribution in [3.63, 3.8) is 0 Å². The summed E-state index contributed by atoms with van der Waals surface area (Å²) in [6.07, 6.45) is 5.13. The summed E-state index contributed by atoms with van der Waals surface area (Å²) in [5.41, 5.74) is 2.41. The maximum Gasteiger partial charge on any atom is 0.337 e. The van der Waals surface area contributed by atoms with Gasteiger partial charge in [0, 0.05) is 23.4 Å². The molecule has 0 aromatic heterocycles. The molecule has 0 atom stereocenters. The van der Waals surface area contributed by atoms with Crippen molar-refractivity contribution in [3.8, 4) is 0 Å². The number of nitrogens with one attached hydrogen (secondary N) is 2. The van der Waals surface area contributed by atoms with Gasteiger partial charge in [0.25, 0.3) is 5.91 Å². The Labute approximate surface area is 157 Å². The average molecular weight is 364 g/mol. The molecule has 0 aliphatic heterocycles. The molecular formula is C21H20N2O4. The number of anilines is 1. The number of ether oxygens (including phenoxy) is 1. The Morgan fingerprint density at radius 2 is 1.59 bits per heavy atom. The summed E-state index contributed by atoms with van der Waals surface area (Å²) < 4.78 is 4.64. The van der Waals surface area contributed by atoms with Gasteiger partial charge in [-0.25, -0.2) is 4.79 Å². The van der Waals surface area contributed by atoms with Gasteiger partial charge in [-0.15, -0.1) is 0 Å². The normalized spacial score (nSPS) is 13.2. The molecule has 0 spiro atoms. The van der Waals surface area contributed by atoms with Gasteiger partial charge >= 0.3 is 5.97 Å². The molecule has 0 radical (unpaired) electrons. The Morgan fingerprint density at radius 3 is 2.19 bits per heavy atom. The summed E-state index contributed by atoms with van der Waals surface area (Å²) in [4.78, 5) is 35.3. The fourth-order valence-corrected chi connectivity index (χ4v) is 2.41. The van der Waals surface area contributed by atoms with Crippen LogP contribution in [0.5, 0.6) is 0 Å². The van der Waals surface area contributed by atoms with Gasteiger partial charge < -0.3 is 15.4 Å². The lowest BCUT2D eigenvalue weighted by Gasteiger charge is -2.05. The molecule has 6 nitrogen and oxygen atoms in total. The van der Waals surface area contributed by atoms with Gasteiger partial charge in [0.1, 0.15) is 0 Å². The molecule has 1 fully saturated rings. The molecule has 0 heterocycles. The van der Waals surface area contributed by atoms with Crippen molar-refractivity contribution in [2.24, 2.45) is 0 Å². The zero-order valence-corrected chi connectivity index (χ0v) is 14.9. The molecule has 1 aliphatic rings. The van der Waals surface area contributed by atoms with E-state index in [0.29, 0.717) is 22.9 Å². The van der Waals surface area contributed by atoms with Crippen LogP contribution in [-0.2, 0) is 9.53 Å². The zero-order chi connectivity index (χ0) is 19.2. The zero-order valence-electron chi connectivity index (χ0n) is 14.9. The van der Waals surface area contributed by atoms with Crippen molar-refractivity contribution in [1.29, 1.82) is 0 Å². The molecule has 2 aromatic carbocycles. The van der Waals surface area contributed by atoms with E-state index in [-0.39, 0.29) is 11.8 Å². The third-order valence-electron chi connectivity index (χ3n) is 4.09. The van der Waals surface area contributed by atoms with E-state index >= 15 is 0 Å². The third kappa shape index (κ3) is 5.28. The summed E-state index contributed by atoms with van der Waals surface area (Å²) >= 11 is 0. The number of hydrogen-bond donors (Lipinski definition) is 2. The van der Waals surface area contributed by atoms with Crippen molar-refractivity contribution >= 4 is 29.5 Å². The van der Waals surface area contributed by atoms with E-state index in [9.17, 15) is 14.4 Å². The molecule has 1 saturated carbocycles. The van der Waals surface area contributed by atoms with Gasteiger partial charge in [-0.05, 0) is 60.9 Å². The molecule has 27 heavy (non-hydrogen) atoms. The first-order valence-corrected chi connectivity index (χ1v) is 8.63. The molecule has 0 bridgehead atoms. The number of esters is 1. The van der Waals surface area contributed by atoms with Gasteiger partial charge in [0.05, 0.1) is 12.7 Å². The Balaban J connectivity index is 1.54. The van der Waals surface area contributed by atoms with Crippen LogP contribution in [0.1, 0.15) is 39.1 Å². The van der Waals surface area contributed by atoms with Crippen LogP contribution in [0.3, 0.4) is 0 Å². The second-order valence-corrected chi connectivity index (χ2v) is 6.26. The molecule has 2 N–H and O–H groups in total. The monoisotopic (exact) mass is 364 g/mol. The number of benzene rings is 2. The van der Waals surface area contributed by atoms with E-state index in [1.807, 2.05) is 0 Å². The predicted octanol–water partition coefficient (Wildman–Crippen LogP) is 3.02. The van der Waals surface area contributed by atoms with Gasteiger partial charge in [-0.1, -0.05) is 12.1 Å². The molecule has 2 amide bonds. The topological polar surface area (TPSA) is 84.5 Å². The van der Waals surface area contributed by atoms with Crippen LogP contribution < -0.4 is 10.6 Å². The third-order valence-corrected chi connectivity index (χ3v) is 4.09. The largest absolute Gasteiger partial charge is 0.465 e. The highest BCUT2D eigenvalue weighted by Crippen LogP contribution is 2.19. The van der Waals surface area contributed by atoms with Crippen LogP contribution in [0.15, 0.2) is 54.6 Å². The number of carbonyl (C=O) groups excluding carboxylic acids is 3. The summed E-state index contributed by atoms with van der Waals surface area (Å²) in [6, 6.07) is 13.8. The molecular weight excluding hydrogens is 344 g/mol.